The van der Waals surface area contributed by atoms with Gasteiger partial charge in [0.25, 0.3) is 5.09 Å². The fraction of sp³-hybridized carbons (Fsp3) is 0.750. The monoisotopic (exact) mass is 134 g/mol. The molecule has 53 valence electrons. The Kier molecular flexibility index (Phi) is 4.81. The smallest absolute Gasteiger partial charge is 0.294 e. The second-order valence-corrected chi connectivity index (χ2v) is 1.38. The molecule has 0 unspecified atom stereocenters. The normalized spacial score (nSPS) is 9.00. The number of hydrogen-bond acceptors (Lipinski definition) is 4. The van der Waals surface area contributed by atoms with E-state index in [1.54, 1.807) is 0 Å². The van der Waals surface area contributed by atoms with E-state index in [1.807, 2.05) is 0 Å². The lowest BCUT2D eigenvalue weighted by atomic mass is 10.3. The Bertz CT molecular complexity index is 84.6. The first kappa shape index (κ1) is 8.16. The maximum atomic E-state index is 9.47. The van der Waals surface area contributed by atoms with Crippen molar-refractivity contribution in [3.63, 3.8) is 0 Å². The highest BCUT2D eigenvalue weighted by Gasteiger charge is 1.92. The minimum Gasteiger partial charge on any atom is -0.390 e. The van der Waals surface area contributed by atoms with Crippen LogP contribution in [0.2, 0.25) is 0 Å². The molecule has 0 heterocycles. The van der Waals surface area contributed by atoms with Gasteiger partial charge in [-0.25, -0.2) is 0 Å². The van der Waals surface area contributed by atoms with Gasteiger partial charge in [-0.3, -0.25) is 0 Å². The van der Waals surface area contributed by atoms with Crippen molar-refractivity contribution in [2.24, 2.45) is 0 Å². The van der Waals surface area contributed by atoms with Crippen molar-refractivity contribution in [2.45, 2.75) is 12.8 Å². The highest BCUT2D eigenvalue weighted by molar-refractivity contribution is 4.44. The summed E-state index contributed by atoms with van der Waals surface area (Å²) >= 11 is 0. The van der Waals surface area contributed by atoms with Crippen LogP contribution >= 0.6 is 0 Å². The molecule has 0 saturated carbocycles. The van der Waals surface area contributed by atoms with Gasteiger partial charge < -0.3 is 9.94 Å². The van der Waals surface area contributed by atoms with Crippen LogP contribution < -0.4 is 0 Å². The van der Waals surface area contributed by atoms with Crippen molar-refractivity contribution < 1.29 is 15.0 Å². The SMILES string of the molecule is O=[N+]([O-])OCCC[CH]O. The lowest BCUT2D eigenvalue weighted by molar-refractivity contribution is -0.757. The van der Waals surface area contributed by atoms with Crippen LogP contribution in [-0.2, 0) is 4.84 Å². The molecule has 0 aromatic heterocycles. The second-order valence-electron chi connectivity index (χ2n) is 1.38. The van der Waals surface area contributed by atoms with E-state index in [0.29, 0.717) is 12.8 Å². The van der Waals surface area contributed by atoms with Crippen molar-refractivity contribution in [2.75, 3.05) is 6.61 Å². The highest BCUT2D eigenvalue weighted by Crippen LogP contribution is 1.90. The fourth-order valence-electron chi connectivity index (χ4n) is 0.314. The number of hydrogen-bond donors (Lipinski definition) is 1. The van der Waals surface area contributed by atoms with E-state index in [9.17, 15) is 10.1 Å². The Labute approximate surface area is 52.3 Å². The second kappa shape index (κ2) is 5.30. The van der Waals surface area contributed by atoms with Gasteiger partial charge in [0.05, 0.1) is 13.2 Å². The summed E-state index contributed by atoms with van der Waals surface area (Å²) in [7, 11) is 0. The third kappa shape index (κ3) is 7.16. The molecular weight excluding hydrogens is 126 g/mol. The van der Waals surface area contributed by atoms with E-state index >= 15 is 0 Å². The molecule has 0 saturated heterocycles. The molecule has 0 aromatic carbocycles. The standard InChI is InChI=1S/C4H8NO4/c6-3-1-2-4-9-5(7)8/h3,6H,1-2,4H2. The minimum absolute atomic E-state index is 0.0457. The van der Waals surface area contributed by atoms with E-state index in [0.717, 1.165) is 6.61 Å². The average molecular weight is 134 g/mol. The molecule has 1 N–H and O–H groups in total. The Balaban J connectivity index is 2.83. The van der Waals surface area contributed by atoms with Crippen LogP contribution in [0.3, 0.4) is 0 Å². The van der Waals surface area contributed by atoms with Gasteiger partial charge in [0.2, 0.25) is 0 Å². The molecule has 0 fully saturated rings. The predicted molar refractivity (Wildman–Crippen MR) is 28.4 cm³/mol. The number of aliphatic hydroxyl groups excluding tert-OH is 1. The number of rotatable bonds is 5. The molecule has 0 aliphatic heterocycles. The van der Waals surface area contributed by atoms with Crippen LogP contribution in [0, 0.1) is 16.7 Å². The topological polar surface area (TPSA) is 72.6 Å². The molecule has 0 aliphatic carbocycles. The van der Waals surface area contributed by atoms with Gasteiger partial charge in [-0.1, -0.05) is 0 Å². The number of nitrogens with zero attached hydrogens (tertiary/aromatic N) is 1. The van der Waals surface area contributed by atoms with Crippen LogP contribution in [0.25, 0.3) is 0 Å². The Hall–Kier alpha value is -0.840. The van der Waals surface area contributed by atoms with Gasteiger partial charge in [-0.2, -0.15) is 0 Å². The van der Waals surface area contributed by atoms with Gasteiger partial charge >= 0.3 is 0 Å². The zero-order valence-electron chi connectivity index (χ0n) is 4.82. The van der Waals surface area contributed by atoms with Gasteiger partial charge in [0, 0.05) is 0 Å². The summed E-state index contributed by atoms with van der Waals surface area (Å²) in [6, 6.07) is 0. The van der Waals surface area contributed by atoms with Gasteiger partial charge in [-0.05, 0) is 12.8 Å². The summed E-state index contributed by atoms with van der Waals surface area (Å²) in [5, 5.41) is 16.7. The van der Waals surface area contributed by atoms with Gasteiger partial charge in [0.1, 0.15) is 0 Å². The van der Waals surface area contributed by atoms with Crippen LogP contribution in [0.5, 0.6) is 0 Å². The maximum Gasteiger partial charge on any atom is 0.294 e. The van der Waals surface area contributed by atoms with E-state index in [-0.39, 0.29) is 6.61 Å². The fourth-order valence-corrected chi connectivity index (χ4v) is 0.314. The summed E-state index contributed by atoms with van der Waals surface area (Å²) in [6.07, 6.45) is 0.894. The lowest BCUT2D eigenvalue weighted by Crippen LogP contribution is -2.01. The van der Waals surface area contributed by atoms with Crippen molar-refractivity contribution in [1.29, 1.82) is 0 Å². The van der Waals surface area contributed by atoms with E-state index in [1.165, 1.54) is 0 Å². The zero-order valence-corrected chi connectivity index (χ0v) is 4.82. The molecule has 0 bridgehead atoms. The van der Waals surface area contributed by atoms with Crippen LogP contribution in [-0.4, -0.2) is 16.8 Å². The Morgan fingerprint density at radius 2 is 2.44 bits per heavy atom. The van der Waals surface area contributed by atoms with E-state index in [2.05, 4.69) is 4.84 Å². The summed E-state index contributed by atoms with van der Waals surface area (Å²) in [5.41, 5.74) is 0. The highest BCUT2D eigenvalue weighted by atomic mass is 16.9. The molecule has 0 spiro atoms. The van der Waals surface area contributed by atoms with E-state index < -0.39 is 5.09 Å². The third-order valence-electron chi connectivity index (χ3n) is 0.674. The largest absolute Gasteiger partial charge is 0.390 e. The average Bonchev–Trinajstić information content (AvgIpc) is 1.80. The van der Waals surface area contributed by atoms with Crippen molar-refractivity contribution >= 4 is 0 Å². The first-order valence-corrected chi connectivity index (χ1v) is 2.50. The molecule has 5 heteroatoms. The summed E-state index contributed by atoms with van der Waals surface area (Å²) in [6.45, 7) is 0.993. The van der Waals surface area contributed by atoms with Crippen molar-refractivity contribution in [3.05, 3.63) is 16.7 Å². The molecular formula is C4H8NO4. The van der Waals surface area contributed by atoms with Gasteiger partial charge in [0.15, 0.2) is 0 Å². The van der Waals surface area contributed by atoms with Crippen LogP contribution in [0.1, 0.15) is 12.8 Å². The molecule has 0 amide bonds. The first-order chi connectivity index (χ1) is 4.27. The summed E-state index contributed by atoms with van der Waals surface area (Å²) in [5.74, 6) is 0. The van der Waals surface area contributed by atoms with Crippen molar-refractivity contribution in [1.82, 2.24) is 0 Å². The minimum atomic E-state index is -0.850. The lowest BCUT2D eigenvalue weighted by Gasteiger charge is -1.94. The maximum absolute atomic E-state index is 9.47. The summed E-state index contributed by atoms with van der Waals surface area (Å²) < 4.78 is 0. The molecule has 0 rings (SSSR count). The van der Waals surface area contributed by atoms with Crippen LogP contribution in [0.4, 0.5) is 0 Å². The third-order valence-corrected chi connectivity index (χ3v) is 0.674. The van der Waals surface area contributed by atoms with Crippen LogP contribution in [0.15, 0.2) is 0 Å². The molecule has 1 radical (unpaired) electrons. The zero-order chi connectivity index (χ0) is 7.11. The molecule has 5 nitrogen and oxygen atoms in total. The first-order valence-electron chi connectivity index (χ1n) is 2.50. The molecule has 0 aliphatic rings. The van der Waals surface area contributed by atoms with Gasteiger partial charge in [-0.15, -0.1) is 10.1 Å². The quantitative estimate of drug-likeness (QED) is 0.337. The Morgan fingerprint density at radius 3 is 2.89 bits per heavy atom. The Morgan fingerprint density at radius 1 is 1.78 bits per heavy atom. The van der Waals surface area contributed by atoms with E-state index in [4.69, 9.17) is 5.11 Å². The number of aliphatic hydroxyl groups is 1. The molecule has 0 aromatic rings. The van der Waals surface area contributed by atoms with Crippen molar-refractivity contribution in [3.8, 4) is 0 Å². The number of unbranched alkanes of at least 4 members (excludes halogenated alkanes) is 1. The predicted octanol–water partition coefficient (Wildman–Crippen LogP) is 0.509. The molecule has 0 atom stereocenters. The molecule has 9 heavy (non-hydrogen) atoms. The summed E-state index contributed by atoms with van der Waals surface area (Å²) in [4.78, 5) is 13.4.